The Morgan fingerprint density at radius 1 is 0.971 bits per heavy atom. The second-order valence-electron chi connectivity index (χ2n) is 9.79. The molecule has 188 valence electrons. The molecule has 0 spiro atoms. The summed E-state index contributed by atoms with van der Waals surface area (Å²) in [4.78, 5) is 29.2. The van der Waals surface area contributed by atoms with Gasteiger partial charge in [0.15, 0.2) is 11.5 Å². The number of nitrogens with zero attached hydrogens (tertiary/aromatic N) is 1. The number of ether oxygens (including phenoxy) is 3. The summed E-state index contributed by atoms with van der Waals surface area (Å²) in [6.45, 7) is 4.47. The Hall–Kier alpha value is -3.22. The Labute approximate surface area is 207 Å². The largest absolute Gasteiger partial charge is 0.497 e. The molecular weight excluding hydrogens is 444 g/mol. The number of likely N-dealkylation sites (N-methyl/N-ethyl adjacent to an activating group) is 1. The number of amides is 2. The topological polar surface area (TPSA) is 77.1 Å². The molecule has 0 aromatic heterocycles. The standard InChI is InChI=1S/C28H36N2O5/c1-16-8-7-9-22(17(16)2)29-27(31)25-20-14-23(34-5)24(35-6)15-21(20)28(32)30(3)26(25)18-10-12-19(33-4)13-11-18/h10-17,22,25-26H,7-9H2,1-6H3,(H,29,31)/t16-,17+,22-,25+,26+/m1/s1. The van der Waals surface area contributed by atoms with E-state index in [-0.39, 0.29) is 17.9 Å². The second-order valence-corrected chi connectivity index (χ2v) is 9.79. The van der Waals surface area contributed by atoms with Crippen LogP contribution < -0.4 is 19.5 Å². The summed E-state index contributed by atoms with van der Waals surface area (Å²) in [6.07, 6.45) is 3.25. The maximum absolute atomic E-state index is 14.0. The van der Waals surface area contributed by atoms with Crippen molar-refractivity contribution in [2.24, 2.45) is 11.8 Å². The van der Waals surface area contributed by atoms with E-state index in [4.69, 9.17) is 14.2 Å². The third-order valence-corrected chi connectivity index (χ3v) is 7.95. The van der Waals surface area contributed by atoms with Crippen LogP contribution >= 0.6 is 0 Å². The van der Waals surface area contributed by atoms with Crippen molar-refractivity contribution < 1.29 is 23.8 Å². The molecule has 7 nitrogen and oxygen atoms in total. The molecule has 1 N–H and O–H groups in total. The normalized spacial score (nSPS) is 26.1. The number of rotatable bonds is 6. The molecule has 2 aromatic carbocycles. The molecule has 0 saturated heterocycles. The van der Waals surface area contributed by atoms with Gasteiger partial charge in [-0.3, -0.25) is 9.59 Å². The summed E-state index contributed by atoms with van der Waals surface area (Å²) < 4.78 is 16.3. The molecule has 1 heterocycles. The number of benzene rings is 2. The highest BCUT2D eigenvalue weighted by Gasteiger charge is 2.44. The molecule has 0 unspecified atom stereocenters. The lowest BCUT2D eigenvalue weighted by atomic mass is 9.76. The van der Waals surface area contributed by atoms with Gasteiger partial charge < -0.3 is 24.4 Å². The van der Waals surface area contributed by atoms with Crippen molar-refractivity contribution in [3.8, 4) is 17.2 Å². The number of hydrogen-bond donors (Lipinski definition) is 1. The molecule has 7 heteroatoms. The first-order chi connectivity index (χ1) is 16.8. The Kier molecular flexibility index (Phi) is 7.24. The van der Waals surface area contributed by atoms with E-state index < -0.39 is 12.0 Å². The van der Waals surface area contributed by atoms with E-state index in [1.54, 1.807) is 38.3 Å². The van der Waals surface area contributed by atoms with Crippen LogP contribution in [-0.4, -0.2) is 51.1 Å². The van der Waals surface area contributed by atoms with Gasteiger partial charge in [0.05, 0.1) is 33.3 Å². The smallest absolute Gasteiger partial charge is 0.254 e. The first kappa shape index (κ1) is 24.9. The lowest BCUT2D eigenvalue weighted by Crippen LogP contribution is -2.50. The van der Waals surface area contributed by atoms with Gasteiger partial charge in [-0.15, -0.1) is 0 Å². The highest BCUT2D eigenvalue weighted by molar-refractivity contribution is 6.02. The van der Waals surface area contributed by atoms with Crippen LogP contribution in [0.2, 0.25) is 0 Å². The number of methoxy groups -OCH3 is 3. The summed E-state index contributed by atoms with van der Waals surface area (Å²) in [5, 5.41) is 3.36. The van der Waals surface area contributed by atoms with E-state index in [1.807, 2.05) is 24.3 Å². The SMILES string of the molecule is COc1ccc([C@H]2[C@@H](C(=O)N[C@@H]3CCC[C@@H](C)[C@@H]3C)c3cc(OC)c(OC)cc3C(=O)N2C)cc1. The van der Waals surface area contributed by atoms with Crippen LogP contribution in [-0.2, 0) is 4.79 Å². The number of carbonyl (C=O) groups is 2. The molecule has 0 radical (unpaired) electrons. The highest BCUT2D eigenvalue weighted by Crippen LogP contribution is 2.46. The summed E-state index contributed by atoms with van der Waals surface area (Å²) in [5.41, 5.74) is 1.98. The van der Waals surface area contributed by atoms with Crippen LogP contribution in [0, 0.1) is 11.8 Å². The summed E-state index contributed by atoms with van der Waals surface area (Å²) in [6, 6.07) is 10.7. The van der Waals surface area contributed by atoms with Gasteiger partial charge in [0.2, 0.25) is 5.91 Å². The van der Waals surface area contributed by atoms with Crippen molar-refractivity contribution in [1.82, 2.24) is 10.2 Å². The molecule has 1 saturated carbocycles. The van der Waals surface area contributed by atoms with E-state index >= 15 is 0 Å². The molecule has 1 aliphatic heterocycles. The highest BCUT2D eigenvalue weighted by atomic mass is 16.5. The van der Waals surface area contributed by atoms with E-state index in [0.29, 0.717) is 34.5 Å². The Morgan fingerprint density at radius 3 is 2.26 bits per heavy atom. The van der Waals surface area contributed by atoms with Crippen LogP contribution in [0.5, 0.6) is 17.2 Å². The average molecular weight is 481 g/mol. The molecule has 1 fully saturated rings. The minimum atomic E-state index is -0.606. The van der Waals surface area contributed by atoms with Gasteiger partial charge in [0.25, 0.3) is 5.91 Å². The number of hydrogen-bond acceptors (Lipinski definition) is 5. The zero-order chi connectivity index (χ0) is 25.3. The maximum atomic E-state index is 14.0. The lowest BCUT2D eigenvalue weighted by molar-refractivity contribution is -0.125. The third-order valence-electron chi connectivity index (χ3n) is 7.95. The zero-order valence-corrected chi connectivity index (χ0v) is 21.5. The molecule has 2 amide bonds. The van der Waals surface area contributed by atoms with Crippen molar-refractivity contribution in [3.05, 3.63) is 53.1 Å². The average Bonchev–Trinajstić information content (AvgIpc) is 2.87. The van der Waals surface area contributed by atoms with E-state index in [0.717, 1.165) is 24.2 Å². The number of fused-ring (bicyclic) bond motifs is 1. The predicted molar refractivity (Wildman–Crippen MR) is 134 cm³/mol. The lowest BCUT2D eigenvalue weighted by Gasteiger charge is -2.42. The molecular formula is C28H36N2O5. The van der Waals surface area contributed by atoms with Gasteiger partial charge in [-0.05, 0) is 53.6 Å². The minimum absolute atomic E-state index is 0.0791. The van der Waals surface area contributed by atoms with Crippen molar-refractivity contribution in [2.45, 2.75) is 51.1 Å². The molecule has 2 aliphatic rings. The number of nitrogens with one attached hydrogen (secondary N) is 1. The van der Waals surface area contributed by atoms with Gasteiger partial charge in [0, 0.05) is 18.7 Å². The Balaban J connectivity index is 1.82. The van der Waals surface area contributed by atoms with Gasteiger partial charge in [-0.25, -0.2) is 0 Å². The summed E-state index contributed by atoms with van der Waals surface area (Å²) in [7, 11) is 6.46. The minimum Gasteiger partial charge on any atom is -0.497 e. The Morgan fingerprint density at radius 2 is 1.63 bits per heavy atom. The van der Waals surface area contributed by atoms with Crippen LogP contribution in [0.25, 0.3) is 0 Å². The fourth-order valence-corrected chi connectivity index (χ4v) is 5.61. The predicted octanol–water partition coefficient (Wildman–Crippen LogP) is 4.56. The molecule has 1 aliphatic carbocycles. The van der Waals surface area contributed by atoms with E-state index in [2.05, 4.69) is 19.2 Å². The first-order valence-corrected chi connectivity index (χ1v) is 12.3. The molecule has 0 bridgehead atoms. The molecule has 5 atom stereocenters. The second kappa shape index (κ2) is 10.2. The fourth-order valence-electron chi connectivity index (χ4n) is 5.61. The van der Waals surface area contributed by atoms with E-state index in [1.165, 1.54) is 13.5 Å². The maximum Gasteiger partial charge on any atom is 0.254 e. The molecule has 2 aromatic rings. The molecule has 4 rings (SSSR count). The Bertz CT molecular complexity index is 1080. The first-order valence-electron chi connectivity index (χ1n) is 12.3. The van der Waals surface area contributed by atoms with Crippen molar-refractivity contribution in [1.29, 1.82) is 0 Å². The van der Waals surface area contributed by atoms with Gasteiger partial charge in [-0.2, -0.15) is 0 Å². The zero-order valence-electron chi connectivity index (χ0n) is 21.5. The van der Waals surface area contributed by atoms with Crippen molar-refractivity contribution in [2.75, 3.05) is 28.4 Å². The van der Waals surface area contributed by atoms with Crippen molar-refractivity contribution in [3.63, 3.8) is 0 Å². The van der Waals surface area contributed by atoms with Crippen molar-refractivity contribution >= 4 is 11.8 Å². The van der Waals surface area contributed by atoms with Crippen LogP contribution in [0.15, 0.2) is 36.4 Å². The van der Waals surface area contributed by atoms with Crippen LogP contribution in [0.4, 0.5) is 0 Å². The summed E-state index contributed by atoms with van der Waals surface area (Å²) in [5.74, 6) is 1.77. The molecule has 35 heavy (non-hydrogen) atoms. The van der Waals surface area contributed by atoms with Gasteiger partial charge in [-0.1, -0.05) is 38.8 Å². The van der Waals surface area contributed by atoms with Crippen LogP contribution in [0.3, 0.4) is 0 Å². The summed E-state index contributed by atoms with van der Waals surface area (Å²) >= 11 is 0. The number of carbonyl (C=O) groups excluding carboxylic acids is 2. The van der Waals surface area contributed by atoms with Gasteiger partial charge in [0.1, 0.15) is 5.75 Å². The van der Waals surface area contributed by atoms with E-state index in [9.17, 15) is 9.59 Å². The third kappa shape index (κ3) is 4.56. The van der Waals surface area contributed by atoms with Crippen LogP contribution in [0.1, 0.15) is 66.6 Å². The monoisotopic (exact) mass is 480 g/mol. The van der Waals surface area contributed by atoms with Gasteiger partial charge >= 0.3 is 0 Å². The fraction of sp³-hybridized carbons (Fsp3) is 0.500. The quantitative estimate of drug-likeness (QED) is 0.656.